The van der Waals surface area contributed by atoms with Gasteiger partial charge in [-0.05, 0) is 39.2 Å². The Morgan fingerprint density at radius 3 is 2.38 bits per heavy atom. The standard InChI is InChI=1S/C15H20N2O3S/c1-17(2)11-5-10-16-14-8-9-15(21(18,19)20)13-7-4-3-6-12(13)14/h3-4,6-9,16H,5,10-11H2,1-2H3,(H,18,19,20). The Morgan fingerprint density at radius 1 is 1.10 bits per heavy atom. The average molecular weight is 308 g/mol. The van der Waals surface area contributed by atoms with Crippen molar-refractivity contribution in [2.24, 2.45) is 0 Å². The Bertz CT molecular complexity index is 727. The van der Waals surface area contributed by atoms with Crippen LogP contribution in [0.25, 0.3) is 10.8 Å². The molecule has 6 heteroatoms. The molecule has 5 nitrogen and oxygen atoms in total. The van der Waals surface area contributed by atoms with E-state index in [0.29, 0.717) is 5.39 Å². The molecule has 0 saturated heterocycles. The van der Waals surface area contributed by atoms with Crippen molar-refractivity contribution in [2.75, 3.05) is 32.5 Å². The van der Waals surface area contributed by atoms with Gasteiger partial charge < -0.3 is 10.2 Å². The lowest BCUT2D eigenvalue weighted by molar-refractivity contribution is 0.405. The lowest BCUT2D eigenvalue weighted by Crippen LogP contribution is -2.16. The minimum Gasteiger partial charge on any atom is -0.384 e. The number of hydrogen-bond acceptors (Lipinski definition) is 4. The maximum absolute atomic E-state index is 11.4. The quantitative estimate of drug-likeness (QED) is 0.633. The normalized spacial score (nSPS) is 12.0. The fraction of sp³-hybridized carbons (Fsp3) is 0.333. The molecule has 2 aromatic rings. The van der Waals surface area contributed by atoms with Crippen LogP contribution in [0, 0.1) is 0 Å². The summed E-state index contributed by atoms with van der Waals surface area (Å²) in [6, 6.07) is 10.3. The molecule has 0 heterocycles. The van der Waals surface area contributed by atoms with Gasteiger partial charge in [0, 0.05) is 23.0 Å². The summed E-state index contributed by atoms with van der Waals surface area (Å²) in [7, 11) is -0.169. The molecule has 0 atom stereocenters. The maximum atomic E-state index is 11.4. The Hall–Kier alpha value is -1.63. The summed E-state index contributed by atoms with van der Waals surface area (Å²) in [5.41, 5.74) is 0.872. The smallest absolute Gasteiger partial charge is 0.295 e. The maximum Gasteiger partial charge on any atom is 0.295 e. The van der Waals surface area contributed by atoms with E-state index >= 15 is 0 Å². The van der Waals surface area contributed by atoms with Gasteiger partial charge in [-0.3, -0.25) is 4.55 Å². The molecule has 0 radical (unpaired) electrons. The summed E-state index contributed by atoms with van der Waals surface area (Å²) in [5, 5.41) is 4.63. The van der Waals surface area contributed by atoms with E-state index < -0.39 is 10.1 Å². The minimum atomic E-state index is -4.22. The Balaban J connectivity index is 2.31. The predicted octanol–water partition coefficient (Wildman–Crippen LogP) is 2.45. The SMILES string of the molecule is CN(C)CCCNc1ccc(S(=O)(=O)O)c2ccccc12. The van der Waals surface area contributed by atoms with Crippen LogP contribution in [0.4, 0.5) is 5.69 Å². The van der Waals surface area contributed by atoms with E-state index in [2.05, 4.69) is 10.2 Å². The van der Waals surface area contributed by atoms with E-state index in [1.165, 1.54) is 6.07 Å². The van der Waals surface area contributed by atoms with Gasteiger partial charge in [0.1, 0.15) is 4.90 Å². The van der Waals surface area contributed by atoms with Crippen LogP contribution >= 0.6 is 0 Å². The second-order valence-electron chi connectivity index (χ2n) is 5.22. The van der Waals surface area contributed by atoms with E-state index in [9.17, 15) is 13.0 Å². The topological polar surface area (TPSA) is 69.6 Å². The third-order valence-electron chi connectivity index (χ3n) is 3.26. The summed E-state index contributed by atoms with van der Waals surface area (Å²) in [6.07, 6.45) is 0.987. The van der Waals surface area contributed by atoms with Crippen LogP contribution in [0.2, 0.25) is 0 Å². The van der Waals surface area contributed by atoms with Gasteiger partial charge in [0.25, 0.3) is 10.1 Å². The third-order valence-corrected chi connectivity index (χ3v) is 4.17. The minimum absolute atomic E-state index is 0.0584. The molecule has 2 aromatic carbocycles. The molecule has 21 heavy (non-hydrogen) atoms. The van der Waals surface area contributed by atoms with Crippen molar-refractivity contribution >= 4 is 26.6 Å². The number of fused-ring (bicyclic) bond motifs is 1. The molecule has 0 saturated carbocycles. The van der Waals surface area contributed by atoms with E-state index in [1.807, 2.05) is 26.2 Å². The average Bonchev–Trinajstić information content (AvgIpc) is 2.42. The van der Waals surface area contributed by atoms with Crippen LogP contribution in [0.1, 0.15) is 6.42 Å². The summed E-state index contributed by atoms with van der Waals surface area (Å²) in [4.78, 5) is 2.05. The van der Waals surface area contributed by atoms with Crippen molar-refractivity contribution in [2.45, 2.75) is 11.3 Å². The number of benzene rings is 2. The Labute approximate surface area is 125 Å². The highest BCUT2D eigenvalue weighted by Gasteiger charge is 2.15. The first kappa shape index (κ1) is 15.8. The number of anilines is 1. The lowest BCUT2D eigenvalue weighted by atomic mass is 10.1. The molecule has 0 unspecified atom stereocenters. The van der Waals surface area contributed by atoms with Crippen molar-refractivity contribution < 1.29 is 13.0 Å². The van der Waals surface area contributed by atoms with Crippen molar-refractivity contribution in [3.8, 4) is 0 Å². The summed E-state index contributed by atoms with van der Waals surface area (Å²) in [6.45, 7) is 1.78. The van der Waals surface area contributed by atoms with Crippen LogP contribution in [0.15, 0.2) is 41.3 Å². The first-order valence-electron chi connectivity index (χ1n) is 6.77. The molecule has 0 amide bonds. The Morgan fingerprint density at radius 2 is 1.76 bits per heavy atom. The van der Waals surface area contributed by atoms with Gasteiger partial charge in [-0.25, -0.2) is 0 Å². The lowest BCUT2D eigenvalue weighted by Gasteiger charge is -2.13. The van der Waals surface area contributed by atoms with Crippen molar-refractivity contribution in [1.29, 1.82) is 0 Å². The monoisotopic (exact) mass is 308 g/mol. The van der Waals surface area contributed by atoms with Crippen LogP contribution in [0.3, 0.4) is 0 Å². The van der Waals surface area contributed by atoms with E-state index in [-0.39, 0.29) is 4.90 Å². The first-order valence-corrected chi connectivity index (χ1v) is 8.21. The predicted molar refractivity (Wildman–Crippen MR) is 85.4 cm³/mol. The molecule has 0 spiro atoms. The first-order chi connectivity index (χ1) is 9.89. The molecule has 0 aliphatic carbocycles. The van der Waals surface area contributed by atoms with Crippen LogP contribution < -0.4 is 5.32 Å². The zero-order valence-electron chi connectivity index (χ0n) is 12.2. The van der Waals surface area contributed by atoms with Gasteiger partial charge in [-0.15, -0.1) is 0 Å². The van der Waals surface area contributed by atoms with Gasteiger partial charge in [-0.1, -0.05) is 24.3 Å². The van der Waals surface area contributed by atoms with Crippen LogP contribution in [-0.4, -0.2) is 45.1 Å². The number of nitrogens with zero attached hydrogens (tertiary/aromatic N) is 1. The molecular formula is C15H20N2O3S. The fourth-order valence-electron chi connectivity index (χ4n) is 2.27. The van der Waals surface area contributed by atoms with Crippen molar-refractivity contribution in [3.63, 3.8) is 0 Å². The van der Waals surface area contributed by atoms with E-state index in [0.717, 1.165) is 30.6 Å². The second-order valence-corrected chi connectivity index (χ2v) is 6.61. The summed E-state index contributed by atoms with van der Waals surface area (Å²) in [5.74, 6) is 0. The zero-order valence-corrected chi connectivity index (χ0v) is 13.0. The number of nitrogens with one attached hydrogen (secondary N) is 1. The molecule has 0 aromatic heterocycles. The van der Waals surface area contributed by atoms with Gasteiger partial charge in [0.2, 0.25) is 0 Å². The third kappa shape index (κ3) is 3.93. The molecule has 0 aliphatic heterocycles. The second kappa shape index (κ2) is 6.43. The van der Waals surface area contributed by atoms with Gasteiger partial charge >= 0.3 is 0 Å². The summed E-state index contributed by atoms with van der Waals surface area (Å²) < 4.78 is 32.1. The van der Waals surface area contributed by atoms with E-state index in [1.54, 1.807) is 18.2 Å². The zero-order chi connectivity index (χ0) is 15.5. The largest absolute Gasteiger partial charge is 0.384 e. The van der Waals surface area contributed by atoms with E-state index in [4.69, 9.17) is 0 Å². The fourth-order valence-corrected chi connectivity index (χ4v) is 2.96. The van der Waals surface area contributed by atoms with Crippen molar-refractivity contribution in [3.05, 3.63) is 36.4 Å². The molecule has 2 N–H and O–H groups in total. The highest BCUT2D eigenvalue weighted by molar-refractivity contribution is 7.86. The number of hydrogen-bond donors (Lipinski definition) is 2. The molecule has 0 aliphatic rings. The van der Waals surface area contributed by atoms with Crippen molar-refractivity contribution in [1.82, 2.24) is 4.90 Å². The Kier molecular flexibility index (Phi) is 4.82. The molecule has 114 valence electrons. The van der Waals surface area contributed by atoms with Gasteiger partial charge in [0.05, 0.1) is 0 Å². The number of rotatable bonds is 6. The molecule has 0 bridgehead atoms. The van der Waals surface area contributed by atoms with Crippen LogP contribution in [0.5, 0.6) is 0 Å². The molecule has 2 rings (SSSR count). The highest BCUT2D eigenvalue weighted by Crippen LogP contribution is 2.29. The highest BCUT2D eigenvalue weighted by atomic mass is 32.2. The van der Waals surface area contributed by atoms with Crippen LogP contribution in [-0.2, 0) is 10.1 Å². The van der Waals surface area contributed by atoms with Gasteiger partial charge in [-0.2, -0.15) is 8.42 Å². The molecule has 0 fully saturated rings. The van der Waals surface area contributed by atoms with Gasteiger partial charge in [0.15, 0.2) is 0 Å². The molecular weight excluding hydrogens is 288 g/mol. The summed E-state index contributed by atoms with van der Waals surface area (Å²) >= 11 is 0.